The van der Waals surface area contributed by atoms with Crippen molar-refractivity contribution in [1.82, 2.24) is 19.8 Å². The molecule has 0 aliphatic carbocycles. The van der Waals surface area contributed by atoms with Gasteiger partial charge in [0.2, 0.25) is 0 Å². The first kappa shape index (κ1) is 20.4. The van der Waals surface area contributed by atoms with Gasteiger partial charge in [-0.3, -0.25) is 4.98 Å². The van der Waals surface area contributed by atoms with Crippen molar-refractivity contribution in [2.75, 3.05) is 7.11 Å². The molecule has 6 heteroatoms. The van der Waals surface area contributed by atoms with Crippen LogP contribution < -0.4 is 10.1 Å². The fourth-order valence-electron chi connectivity index (χ4n) is 4.49. The molecule has 3 heterocycles. The van der Waals surface area contributed by atoms with Crippen LogP contribution in [0.4, 0.5) is 0 Å². The standard InChI is InChI=1S/C24H28N4OS/c1-15(2)27-23(22(26-24(27)30)21-11-6-7-12-25-21)20-13-16(3)28(17(20)4)18-9-8-10-19(14-18)29-5/h6-15,22-23H,1-5H3,(H,26,30). The number of aryl methyl sites for hydroxylation is 1. The van der Waals surface area contributed by atoms with Gasteiger partial charge in [0.1, 0.15) is 5.75 Å². The Kier molecular flexibility index (Phi) is 5.52. The van der Waals surface area contributed by atoms with Crippen LogP contribution in [-0.2, 0) is 0 Å². The second kappa shape index (κ2) is 8.11. The maximum Gasteiger partial charge on any atom is 0.170 e. The lowest BCUT2D eigenvalue weighted by molar-refractivity contribution is 0.269. The molecule has 0 spiro atoms. The Hall–Kier alpha value is -2.86. The van der Waals surface area contributed by atoms with Crippen molar-refractivity contribution in [2.45, 2.75) is 45.8 Å². The fraction of sp³-hybridized carbons (Fsp3) is 0.333. The molecule has 5 nitrogen and oxygen atoms in total. The number of methoxy groups -OCH3 is 1. The molecule has 30 heavy (non-hydrogen) atoms. The van der Waals surface area contributed by atoms with Gasteiger partial charge in [-0.2, -0.15) is 0 Å². The molecule has 1 aromatic carbocycles. The lowest BCUT2D eigenvalue weighted by atomic mass is 9.96. The van der Waals surface area contributed by atoms with Gasteiger partial charge in [0.25, 0.3) is 0 Å². The van der Waals surface area contributed by atoms with Crippen molar-refractivity contribution in [3.05, 3.63) is 77.4 Å². The van der Waals surface area contributed by atoms with Gasteiger partial charge in [-0.25, -0.2) is 0 Å². The average molecular weight is 421 g/mol. The van der Waals surface area contributed by atoms with Crippen LogP contribution in [0.15, 0.2) is 54.7 Å². The number of nitrogens with one attached hydrogen (secondary N) is 1. The summed E-state index contributed by atoms with van der Waals surface area (Å²) in [4.78, 5) is 6.93. The summed E-state index contributed by atoms with van der Waals surface area (Å²) in [7, 11) is 1.70. The van der Waals surface area contributed by atoms with Gasteiger partial charge in [0.15, 0.2) is 5.11 Å². The Morgan fingerprint density at radius 2 is 1.90 bits per heavy atom. The number of pyridine rings is 1. The van der Waals surface area contributed by atoms with Gasteiger partial charge in [-0.15, -0.1) is 0 Å². The van der Waals surface area contributed by atoms with E-state index in [1.54, 1.807) is 7.11 Å². The van der Waals surface area contributed by atoms with E-state index in [1.165, 1.54) is 17.0 Å². The SMILES string of the molecule is COc1cccc(-n2c(C)cc(C3C(c4ccccn4)NC(=S)N3C(C)C)c2C)c1. The van der Waals surface area contributed by atoms with E-state index in [4.69, 9.17) is 17.0 Å². The summed E-state index contributed by atoms with van der Waals surface area (Å²) in [5.41, 5.74) is 5.72. The molecule has 2 unspecified atom stereocenters. The molecule has 1 N–H and O–H groups in total. The molecule has 3 aromatic rings. The topological polar surface area (TPSA) is 42.3 Å². The molecule has 0 saturated carbocycles. The van der Waals surface area contributed by atoms with Gasteiger partial charge in [-0.1, -0.05) is 12.1 Å². The summed E-state index contributed by atoms with van der Waals surface area (Å²) >= 11 is 5.74. The first-order chi connectivity index (χ1) is 14.4. The summed E-state index contributed by atoms with van der Waals surface area (Å²) in [6.07, 6.45) is 1.84. The normalized spacial score (nSPS) is 18.7. The molecule has 156 valence electrons. The number of hydrogen-bond acceptors (Lipinski definition) is 3. The second-order valence-electron chi connectivity index (χ2n) is 7.99. The van der Waals surface area contributed by atoms with E-state index in [1.807, 2.05) is 30.5 Å². The third-order valence-electron chi connectivity index (χ3n) is 5.79. The average Bonchev–Trinajstić information content (AvgIpc) is 3.24. The van der Waals surface area contributed by atoms with Crippen molar-refractivity contribution in [2.24, 2.45) is 0 Å². The Labute approximate surface area is 183 Å². The molecule has 0 bridgehead atoms. The Morgan fingerprint density at radius 1 is 1.10 bits per heavy atom. The highest BCUT2D eigenvalue weighted by molar-refractivity contribution is 7.80. The molecule has 0 amide bonds. The van der Waals surface area contributed by atoms with Gasteiger partial charge >= 0.3 is 0 Å². The van der Waals surface area contributed by atoms with Crippen LogP contribution in [0.25, 0.3) is 5.69 Å². The summed E-state index contributed by atoms with van der Waals surface area (Å²) in [5, 5.41) is 4.30. The minimum Gasteiger partial charge on any atom is -0.497 e. The predicted molar refractivity (Wildman–Crippen MR) is 124 cm³/mol. The number of hydrogen-bond donors (Lipinski definition) is 1. The van der Waals surface area contributed by atoms with Gasteiger partial charge < -0.3 is 19.5 Å². The molecule has 2 aromatic heterocycles. The molecular weight excluding hydrogens is 392 g/mol. The predicted octanol–water partition coefficient (Wildman–Crippen LogP) is 4.88. The molecule has 0 radical (unpaired) electrons. The van der Waals surface area contributed by atoms with Crippen molar-refractivity contribution >= 4 is 17.3 Å². The lowest BCUT2D eigenvalue weighted by Gasteiger charge is -2.31. The van der Waals surface area contributed by atoms with E-state index >= 15 is 0 Å². The quantitative estimate of drug-likeness (QED) is 0.596. The summed E-state index contributed by atoms with van der Waals surface area (Å²) in [5.74, 6) is 0.848. The first-order valence-corrected chi connectivity index (χ1v) is 10.7. The van der Waals surface area contributed by atoms with Crippen LogP contribution in [0.1, 0.15) is 48.6 Å². The molecule has 1 aliphatic rings. The minimum absolute atomic E-state index is 0.000333. The molecule has 1 saturated heterocycles. The number of nitrogens with zero attached hydrogens (tertiary/aromatic N) is 3. The molecular formula is C24H28N4OS. The maximum atomic E-state index is 5.74. The van der Waals surface area contributed by atoms with E-state index in [0.717, 1.165) is 22.2 Å². The van der Waals surface area contributed by atoms with Crippen molar-refractivity contribution in [1.29, 1.82) is 0 Å². The second-order valence-corrected chi connectivity index (χ2v) is 8.38. The van der Waals surface area contributed by atoms with Crippen molar-refractivity contribution in [3.8, 4) is 11.4 Å². The zero-order chi connectivity index (χ0) is 21.4. The Bertz CT molecular complexity index is 1060. The molecule has 4 rings (SSSR count). The Morgan fingerprint density at radius 3 is 2.57 bits per heavy atom. The van der Waals surface area contributed by atoms with Crippen molar-refractivity contribution < 1.29 is 4.74 Å². The highest BCUT2D eigenvalue weighted by Gasteiger charge is 2.42. The van der Waals surface area contributed by atoms with Crippen LogP contribution in [0.2, 0.25) is 0 Å². The van der Waals surface area contributed by atoms with Crippen LogP contribution in [0.5, 0.6) is 5.75 Å². The van der Waals surface area contributed by atoms with E-state index in [2.05, 4.69) is 71.7 Å². The van der Waals surface area contributed by atoms with Gasteiger partial charge in [-0.05, 0) is 75.8 Å². The van der Waals surface area contributed by atoms with Gasteiger partial charge in [0, 0.05) is 35.4 Å². The zero-order valence-corrected chi connectivity index (χ0v) is 18.9. The van der Waals surface area contributed by atoms with E-state index < -0.39 is 0 Å². The zero-order valence-electron chi connectivity index (χ0n) is 18.1. The summed E-state index contributed by atoms with van der Waals surface area (Å²) in [6.45, 7) is 8.69. The first-order valence-electron chi connectivity index (χ1n) is 10.3. The Balaban J connectivity index is 1.85. The number of rotatable bonds is 5. The van der Waals surface area contributed by atoms with E-state index in [9.17, 15) is 0 Å². The van der Waals surface area contributed by atoms with E-state index in [-0.39, 0.29) is 18.1 Å². The monoisotopic (exact) mass is 420 g/mol. The third kappa shape index (κ3) is 3.45. The highest BCUT2D eigenvalue weighted by Crippen LogP contribution is 2.42. The third-order valence-corrected chi connectivity index (χ3v) is 6.12. The lowest BCUT2D eigenvalue weighted by Crippen LogP contribution is -2.35. The van der Waals surface area contributed by atoms with Gasteiger partial charge in [0.05, 0.1) is 24.9 Å². The molecule has 1 aliphatic heterocycles. The minimum atomic E-state index is 0.000333. The highest BCUT2D eigenvalue weighted by atomic mass is 32.1. The van der Waals surface area contributed by atoms with Crippen LogP contribution in [-0.4, -0.2) is 32.7 Å². The fourth-order valence-corrected chi connectivity index (χ4v) is 4.94. The number of aromatic nitrogens is 2. The number of thiocarbonyl (C=S) groups is 1. The molecule has 1 fully saturated rings. The summed E-state index contributed by atoms with van der Waals surface area (Å²) in [6, 6.07) is 16.8. The number of benzene rings is 1. The van der Waals surface area contributed by atoms with Crippen LogP contribution >= 0.6 is 12.2 Å². The van der Waals surface area contributed by atoms with Crippen molar-refractivity contribution in [3.63, 3.8) is 0 Å². The van der Waals surface area contributed by atoms with Crippen LogP contribution in [0, 0.1) is 13.8 Å². The maximum absolute atomic E-state index is 5.74. The smallest absolute Gasteiger partial charge is 0.170 e. The molecule has 2 atom stereocenters. The van der Waals surface area contributed by atoms with E-state index in [0.29, 0.717) is 0 Å². The van der Waals surface area contributed by atoms with Crippen LogP contribution in [0.3, 0.4) is 0 Å². The largest absolute Gasteiger partial charge is 0.497 e. The number of ether oxygens (including phenoxy) is 1. The summed E-state index contributed by atoms with van der Waals surface area (Å²) < 4.78 is 7.73.